The Morgan fingerprint density at radius 3 is 2.65 bits per heavy atom. The average Bonchev–Trinajstić information content (AvgIpc) is 2.55. The van der Waals surface area contributed by atoms with Gasteiger partial charge in [0.2, 0.25) is 5.91 Å². The molecule has 1 N–H and O–H groups in total. The Morgan fingerprint density at radius 2 is 1.87 bits per heavy atom. The first-order valence-electron chi connectivity index (χ1n) is 8.75. The zero-order chi connectivity index (χ0) is 16.2. The van der Waals surface area contributed by atoms with Gasteiger partial charge in [-0.1, -0.05) is 31.4 Å². The van der Waals surface area contributed by atoms with Crippen LogP contribution in [-0.2, 0) is 4.79 Å². The largest absolute Gasteiger partial charge is 0.324 e. The molecule has 0 radical (unpaired) electrons. The second-order valence-corrected chi connectivity index (χ2v) is 6.98. The van der Waals surface area contributed by atoms with E-state index >= 15 is 0 Å². The van der Waals surface area contributed by atoms with Crippen LogP contribution in [0.25, 0.3) is 0 Å². The molecule has 0 spiro atoms. The average molecular weight is 314 g/mol. The van der Waals surface area contributed by atoms with Crippen LogP contribution in [0, 0.1) is 11.8 Å². The third kappa shape index (κ3) is 3.99. The van der Waals surface area contributed by atoms with Gasteiger partial charge in [-0.2, -0.15) is 0 Å². The third-order valence-corrected chi connectivity index (χ3v) is 5.32. The van der Waals surface area contributed by atoms with Crippen molar-refractivity contribution in [1.29, 1.82) is 0 Å². The Balaban J connectivity index is 1.57. The first-order chi connectivity index (χ1) is 11.1. The SMILES string of the molecule is CC(=O)c1ccccc1NC(=O)CN1CC[C@H]2CCCC[C@@H]2C1. The van der Waals surface area contributed by atoms with E-state index in [1.807, 2.05) is 12.1 Å². The summed E-state index contributed by atoms with van der Waals surface area (Å²) in [6, 6.07) is 7.21. The van der Waals surface area contributed by atoms with Crippen molar-refractivity contribution in [2.24, 2.45) is 11.8 Å². The van der Waals surface area contributed by atoms with Gasteiger partial charge in [0, 0.05) is 12.1 Å². The fraction of sp³-hybridized carbons (Fsp3) is 0.579. The van der Waals surface area contributed by atoms with Crippen LogP contribution >= 0.6 is 0 Å². The molecule has 1 aromatic carbocycles. The molecule has 2 aliphatic rings. The zero-order valence-electron chi connectivity index (χ0n) is 13.9. The number of nitrogens with zero attached hydrogens (tertiary/aromatic N) is 1. The Morgan fingerprint density at radius 1 is 1.13 bits per heavy atom. The van der Waals surface area contributed by atoms with Gasteiger partial charge in [0.1, 0.15) is 0 Å². The van der Waals surface area contributed by atoms with E-state index in [-0.39, 0.29) is 11.7 Å². The molecule has 1 aliphatic carbocycles. The number of para-hydroxylation sites is 1. The smallest absolute Gasteiger partial charge is 0.238 e. The molecule has 0 aromatic heterocycles. The minimum absolute atomic E-state index is 0.0204. The van der Waals surface area contributed by atoms with E-state index in [0.29, 0.717) is 17.8 Å². The summed E-state index contributed by atoms with van der Waals surface area (Å²) in [5.41, 5.74) is 1.20. The number of hydrogen-bond donors (Lipinski definition) is 1. The Bertz CT molecular complexity index is 584. The number of amides is 1. The maximum absolute atomic E-state index is 12.4. The van der Waals surface area contributed by atoms with E-state index in [4.69, 9.17) is 0 Å². The Labute approximate surface area is 138 Å². The van der Waals surface area contributed by atoms with Gasteiger partial charge in [0.15, 0.2) is 5.78 Å². The van der Waals surface area contributed by atoms with Crippen LogP contribution in [0.5, 0.6) is 0 Å². The van der Waals surface area contributed by atoms with Crippen molar-refractivity contribution in [3.8, 4) is 0 Å². The number of carbonyl (C=O) groups is 2. The predicted molar refractivity (Wildman–Crippen MR) is 91.6 cm³/mol. The van der Waals surface area contributed by atoms with Crippen LogP contribution in [0.15, 0.2) is 24.3 Å². The maximum Gasteiger partial charge on any atom is 0.238 e. The molecular formula is C19H26N2O2. The minimum Gasteiger partial charge on any atom is -0.324 e. The van der Waals surface area contributed by atoms with Crippen LogP contribution < -0.4 is 5.32 Å². The first kappa shape index (κ1) is 16.2. The van der Waals surface area contributed by atoms with Crippen molar-refractivity contribution < 1.29 is 9.59 Å². The lowest BCUT2D eigenvalue weighted by molar-refractivity contribution is -0.118. The highest BCUT2D eigenvalue weighted by Gasteiger charge is 2.31. The van der Waals surface area contributed by atoms with Gasteiger partial charge in [-0.15, -0.1) is 0 Å². The highest BCUT2D eigenvalue weighted by atomic mass is 16.2. The number of nitrogens with one attached hydrogen (secondary N) is 1. The number of ketones is 1. The normalized spacial score (nSPS) is 24.7. The van der Waals surface area contributed by atoms with E-state index in [9.17, 15) is 9.59 Å². The minimum atomic E-state index is -0.0241. The Kier molecular flexibility index (Phi) is 5.11. The molecule has 1 saturated carbocycles. The topological polar surface area (TPSA) is 49.4 Å². The highest BCUT2D eigenvalue weighted by molar-refractivity contribution is 6.04. The monoisotopic (exact) mass is 314 g/mol. The van der Waals surface area contributed by atoms with Gasteiger partial charge in [-0.3, -0.25) is 14.5 Å². The van der Waals surface area contributed by atoms with Gasteiger partial charge in [0.25, 0.3) is 0 Å². The van der Waals surface area contributed by atoms with Crippen molar-refractivity contribution in [3.63, 3.8) is 0 Å². The van der Waals surface area contributed by atoms with Gasteiger partial charge in [-0.25, -0.2) is 0 Å². The molecular weight excluding hydrogens is 288 g/mol. The lowest BCUT2D eigenvalue weighted by atomic mass is 9.75. The van der Waals surface area contributed by atoms with Gasteiger partial charge >= 0.3 is 0 Å². The molecule has 0 bridgehead atoms. The molecule has 0 unspecified atom stereocenters. The van der Waals surface area contributed by atoms with Crippen molar-refractivity contribution in [2.75, 3.05) is 25.0 Å². The standard InChI is InChI=1S/C19H26N2O2/c1-14(22)17-8-4-5-9-18(17)20-19(23)13-21-11-10-15-6-2-3-7-16(15)12-21/h4-5,8-9,15-16H,2-3,6-7,10-13H2,1H3,(H,20,23)/t15-,16-/m1/s1. The van der Waals surface area contributed by atoms with Crippen LogP contribution in [0.2, 0.25) is 0 Å². The summed E-state index contributed by atoms with van der Waals surface area (Å²) in [6.07, 6.45) is 6.63. The second kappa shape index (κ2) is 7.26. The number of Topliss-reactive ketones (excluding diaryl/α,β-unsaturated/α-hetero) is 1. The van der Waals surface area contributed by atoms with Gasteiger partial charge in [-0.05, 0) is 50.3 Å². The molecule has 23 heavy (non-hydrogen) atoms. The quantitative estimate of drug-likeness (QED) is 0.867. The molecule has 1 aliphatic heterocycles. The molecule has 4 nitrogen and oxygen atoms in total. The van der Waals surface area contributed by atoms with Crippen LogP contribution in [0.1, 0.15) is 49.4 Å². The molecule has 1 aromatic rings. The summed E-state index contributed by atoms with van der Waals surface area (Å²) >= 11 is 0. The molecule has 2 fully saturated rings. The number of piperidine rings is 1. The van der Waals surface area contributed by atoms with Crippen LogP contribution in [0.3, 0.4) is 0 Å². The fourth-order valence-corrected chi connectivity index (χ4v) is 4.11. The van der Waals surface area contributed by atoms with Gasteiger partial charge in [0.05, 0.1) is 12.2 Å². The molecule has 1 saturated heterocycles. The van der Waals surface area contributed by atoms with Crippen molar-refractivity contribution in [3.05, 3.63) is 29.8 Å². The first-order valence-corrected chi connectivity index (χ1v) is 8.75. The number of hydrogen-bond acceptors (Lipinski definition) is 3. The van der Waals surface area contributed by atoms with Crippen LogP contribution in [-0.4, -0.2) is 36.2 Å². The third-order valence-electron chi connectivity index (χ3n) is 5.32. The molecule has 4 heteroatoms. The number of likely N-dealkylation sites (tertiary alicyclic amines) is 1. The van der Waals surface area contributed by atoms with Gasteiger partial charge < -0.3 is 5.32 Å². The zero-order valence-corrected chi connectivity index (χ0v) is 13.9. The van der Waals surface area contributed by atoms with E-state index in [0.717, 1.165) is 24.9 Å². The fourth-order valence-electron chi connectivity index (χ4n) is 4.11. The highest BCUT2D eigenvalue weighted by Crippen LogP contribution is 2.35. The summed E-state index contributed by atoms with van der Waals surface area (Å²) < 4.78 is 0. The molecule has 1 amide bonds. The number of carbonyl (C=O) groups excluding carboxylic acids is 2. The number of benzene rings is 1. The number of fused-ring (bicyclic) bond motifs is 1. The summed E-state index contributed by atoms with van der Waals surface area (Å²) in [4.78, 5) is 26.3. The van der Waals surface area contributed by atoms with Crippen molar-refractivity contribution in [2.45, 2.75) is 39.0 Å². The van der Waals surface area contributed by atoms with Crippen LogP contribution in [0.4, 0.5) is 5.69 Å². The summed E-state index contributed by atoms with van der Waals surface area (Å²) in [5, 5.41) is 2.91. The van der Waals surface area contributed by atoms with Crippen molar-refractivity contribution >= 4 is 17.4 Å². The summed E-state index contributed by atoms with van der Waals surface area (Å²) in [5.74, 6) is 1.60. The summed E-state index contributed by atoms with van der Waals surface area (Å²) in [6.45, 7) is 4.02. The van der Waals surface area contributed by atoms with E-state index in [1.165, 1.54) is 39.0 Å². The number of anilines is 1. The van der Waals surface area contributed by atoms with E-state index < -0.39 is 0 Å². The lowest BCUT2D eigenvalue weighted by Gasteiger charge is -2.41. The number of rotatable bonds is 4. The Hall–Kier alpha value is -1.68. The summed E-state index contributed by atoms with van der Waals surface area (Å²) in [7, 11) is 0. The lowest BCUT2D eigenvalue weighted by Crippen LogP contribution is -2.44. The molecule has 2 atom stereocenters. The van der Waals surface area contributed by atoms with Crippen molar-refractivity contribution in [1.82, 2.24) is 4.90 Å². The maximum atomic E-state index is 12.4. The van der Waals surface area contributed by atoms with E-state index in [1.54, 1.807) is 12.1 Å². The van der Waals surface area contributed by atoms with E-state index in [2.05, 4.69) is 10.2 Å². The molecule has 1 heterocycles. The second-order valence-electron chi connectivity index (χ2n) is 6.98. The predicted octanol–water partition coefficient (Wildman–Crippen LogP) is 3.34. The molecule has 124 valence electrons. The molecule has 3 rings (SSSR count).